The van der Waals surface area contributed by atoms with Gasteiger partial charge in [0.2, 0.25) is 0 Å². The summed E-state index contributed by atoms with van der Waals surface area (Å²) in [5, 5.41) is 19.7. The second kappa shape index (κ2) is 5.90. The maximum Gasteiger partial charge on any atom is 0.308 e. The first-order valence-corrected chi connectivity index (χ1v) is 6.53. The number of carboxylic acids is 1. The maximum atomic E-state index is 12.5. The number of hydrogen-bond acceptors (Lipinski definition) is 5. The van der Waals surface area contributed by atoms with Gasteiger partial charge in [-0.2, -0.15) is 0 Å². The number of carboxylic acid groups (broad SMARTS) is 1. The van der Waals surface area contributed by atoms with Gasteiger partial charge < -0.3 is 10.1 Å². The standard InChI is InChI=1S/C13H11N3O5S/c1-7-10(6-11(17)18)12(19)15(13(22)14-7)8-3-2-4-9(5-8)16(20)21/h2-5H,6H2,1H3,(H,14,22)(H,17,18). The van der Waals surface area contributed by atoms with Crippen molar-refractivity contribution in [1.29, 1.82) is 0 Å². The van der Waals surface area contributed by atoms with Crippen molar-refractivity contribution in [1.82, 2.24) is 9.55 Å². The molecule has 114 valence electrons. The highest BCUT2D eigenvalue weighted by molar-refractivity contribution is 7.71. The molecule has 0 aliphatic carbocycles. The third-order valence-electron chi connectivity index (χ3n) is 3.04. The van der Waals surface area contributed by atoms with E-state index in [1.54, 1.807) is 6.92 Å². The summed E-state index contributed by atoms with van der Waals surface area (Å²) < 4.78 is 1.09. The third kappa shape index (κ3) is 2.93. The summed E-state index contributed by atoms with van der Waals surface area (Å²) in [7, 11) is 0. The lowest BCUT2D eigenvalue weighted by Gasteiger charge is -2.10. The van der Waals surface area contributed by atoms with Crippen molar-refractivity contribution in [3.63, 3.8) is 0 Å². The van der Waals surface area contributed by atoms with Crippen molar-refractivity contribution in [3.05, 3.63) is 60.8 Å². The zero-order valence-corrected chi connectivity index (χ0v) is 12.2. The molecule has 2 aromatic rings. The van der Waals surface area contributed by atoms with Crippen molar-refractivity contribution in [3.8, 4) is 5.69 Å². The summed E-state index contributed by atoms with van der Waals surface area (Å²) in [6.45, 7) is 1.55. The fourth-order valence-electron chi connectivity index (χ4n) is 2.02. The minimum absolute atomic E-state index is 0.0390. The number of H-pyrrole nitrogens is 1. The van der Waals surface area contributed by atoms with Gasteiger partial charge in [-0.1, -0.05) is 6.07 Å². The van der Waals surface area contributed by atoms with Crippen molar-refractivity contribution < 1.29 is 14.8 Å². The fourth-order valence-corrected chi connectivity index (χ4v) is 2.36. The molecule has 0 spiro atoms. The van der Waals surface area contributed by atoms with Crippen LogP contribution in [0.5, 0.6) is 0 Å². The van der Waals surface area contributed by atoms with Crippen LogP contribution in [-0.4, -0.2) is 25.6 Å². The van der Waals surface area contributed by atoms with Gasteiger partial charge in [-0.3, -0.25) is 24.3 Å². The molecule has 1 aromatic heterocycles. The van der Waals surface area contributed by atoms with Crippen molar-refractivity contribution in [2.75, 3.05) is 0 Å². The largest absolute Gasteiger partial charge is 0.481 e. The Kier molecular flexibility index (Phi) is 4.18. The predicted molar refractivity (Wildman–Crippen MR) is 80.0 cm³/mol. The topological polar surface area (TPSA) is 118 Å². The Morgan fingerprint density at radius 1 is 1.50 bits per heavy atom. The van der Waals surface area contributed by atoms with Crippen LogP contribution >= 0.6 is 12.2 Å². The number of nitro groups is 1. The van der Waals surface area contributed by atoms with Crippen LogP contribution in [-0.2, 0) is 11.2 Å². The number of nitrogens with zero attached hydrogens (tertiary/aromatic N) is 2. The van der Waals surface area contributed by atoms with Crippen molar-refractivity contribution in [2.24, 2.45) is 0 Å². The molecule has 0 radical (unpaired) electrons. The number of hydrogen-bond donors (Lipinski definition) is 2. The first kappa shape index (κ1) is 15.6. The highest BCUT2D eigenvalue weighted by atomic mass is 32.1. The molecule has 22 heavy (non-hydrogen) atoms. The SMILES string of the molecule is Cc1[nH]c(=S)n(-c2cccc([N+](=O)[O-])c2)c(=O)c1CC(=O)O. The summed E-state index contributed by atoms with van der Waals surface area (Å²) in [4.78, 5) is 36.3. The van der Waals surface area contributed by atoms with E-state index in [9.17, 15) is 19.7 Å². The average molecular weight is 321 g/mol. The number of non-ortho nitro benzene ring substituents is 1. The second-order valence-electron chi connectivity index (χ2n) is 4.52. The molecule has 0 unspecified atom stereocenters. The molecule has 2 N–H and O–H groups in total. The zero-order chi connectivity index (χ0) is 16.4. The van der Waals surface area contributed by atoms with E-state index < -0.39 is 22.9 Å². The van der Waals surface area contributed by atoms with Gasteiger partial charge in [0, 0.05) is 23.4 Å². The Labute approximate surface area is 128 Å². The fraction of sp³-hybridized carbons (Fsp3) is 0.154. The number of nitro benzene ring substituents is 1. The summed E-state index contributed by atoms with van der Waals surface area (Å²) in [6.07, 6.45) is -0.467. The van der Waals surface area contributed by atoms with E-state index in [-0.39, 0.29) is 21.7 Å². The molecule has 0 saturated heterocycles. The van der Waals surface area contributed by atoms with Gasteiger partial charge in [0.25, 0.3) is 11.2 Å². The van der Waals surface area contributed by atoms with E-state index in [0.29, 0.717) is 5.69 Å². The van der Waals surface area contributed by atoms with E-state index in [4.69, 9.17) is 17.3 Å². The first-order valence-electron chi connectivity index (χ1n) is 6.12. The van der Waals surface area contributed by atoms with Crippen molar-refractivity contribution in [2.45, 2.75) is 13.3 Å². The molecule has 0 aliphatic rings. The number of nitrogens with one attached hydrogen (secondary N) is 1. The van der Waals surface area contributed by atoms with Crippen LogP contribution in [0.4, 0.5) is 5.69 Å². The highest BCUT2D eigenvalue weighted by Gasteiger charge is 2.15. The van der Waals surface area contributed by atoms with Gasteiger partial charge in [-0.05, 0) is 25.2 Å². The van der Waals surface area contributed by atoms with Gasteiger partial charge >= 0.3 is 5.97 Å². The molecule has 0 amide bonds. The van der Waals surface area contributed by atoms with Crippen LogP contribution in [0.15, 0.2) is 29.1 Å². The Morgan fingerprint density at radius 3 is 2.77 bits per heavy atom. The predicted octanol–water partition coefficient (Wildman–Crippen LogP) is 1.74. The van der Waals surface area contributed by atoms with Gasteiger partial charge in [0.15, 0.2) is 4.77 Å². The van der Waals surface area contributed by atoms with Crippen LogP contribution in [0.2, 0.25) is 0 Å². The molecule has 0 fully saturated rings. The van der Waals surface area contributed by atoms with Crippen LogP contribution in [0.25, 0.3) is 5.69 Å². The van der Waals surface area contributed by atoms with Gasteiger partial charge in [0.1, 0.15) is 0 Å². The van der Waals surface area contributed by atoms with Gasteiger partial charge in [-0.25, -0.2) is 0 Å². The molecule has 0 atom stereocenters. The van der Waals surface area contributed by atoms with E-state index in [1.807, 2.05) is 0 Å². The molecule has 2 rings (SSSR count). The average Bonchev–Trinajstić information content (AvgIpc) is 2.43. The quantitative estimate of drug-likeness (QED) is 0.503. The van der Waals surface area contributed by atoms with Crippen LogP contribution < -0.4 is 5.56 Å². The zero-order valence-electron chi connectivity index (χ0n) is 11.4. The summed E-state index contributed by atoms with van der Waals surface area (Å²) in [6, 6.07) is 5.39. The summed E-state index contributed by atoms with van der Waals surface area (Å²) in [5.74, 6) is -1.16. The Bertz CT molecular complexity index is 884. The van der Waals surface area contributed by atoms with E-state index in [0.717, 1.165) is 4.57 Å². The van der Waals surface area contributed by atoms with Crippen molar-refractivity contribution >= 4 is 23.9 Å². The molecule has 8 nitrogen and oxygen atoms in total. The Balaban J connectivity index is 2.73. The highest BCUT2D eigenvalue weighted by Crippen LogP contribution is 2.16. The summed E-state index contributed by atoms with van der Waals surface area (Å²) >= 11 is 5.08. The minimum Gasteiger partial charge on any atom is -0.481 e. The van der Waals surface area contributed by atoms with E-state index >= 15 is 0 Å². The molecular weight excluding hydrogens is 310 g/mol. The first-order chi connectivity index (χ1) is 10.3. The molecule has 1 aromatic carbocycles. The van der Waals surface area contributed by atoms with Crippen LogP contribution in [0.1, 0.15) is 11.3 Å². The van der Waals surface area contributed by atoms with Crippen LogP contribution in [0, 0.1) is 21.8 Å². The van der Waals surface area contributed by atoms with E-state index in [1.165, 1.54) is 24.3 Å². The lowest BCUT2D eigenvalue weighted by molar-refractivity contribution is -0.384. The molecule has 1 heterocycles. The molecule has 0 aliphatic heterocycles. The molecular formula is C13H11N3O5S. The number of carbonyl (C=O) groups is 1. The summed E-state index contributed by atoms with van der Waals surface area (Å²) in [5.41, 5.74) is -0.193. The lowest BCUT2D eigenvalue weighted by atomic mass is 10.1. The Hall–Kier alpha value is -2.81. The number of rotatable bonds is 4. The minimum atomic E-state index is -1.16. The van der Waals surface area contributed by atoms with E-state index in [2.05, 4.69) is 4.98 Å². The maximum absolute atomic E-state index is 12.5. The number of aliphatic carboxylic acids is 1. The van der Waals surface area contributed by atoms with Gasteiger partial charge in [0.05, 0.1) is 17.0 Å². The monoisotopic (exact) mass is 321 g/mol. The Morgan fingerprint density at radius 2 is 2.18 bits per heavy atom. The van der Waals surface area contributed by atoms with Crippen LogP contribution in [0.3, 0.4) is 0 Å². The van der Waals surface area contributed by atoms with Gasteiger partial charge in [-0.15, -0.1) is 0 Å². The third-order valence-corrected chi connectivity index (χ3v) is 3.32. The molecule has 0 saturated carbocycles. The number of benzene rings is 1. The lowest BCUT2D eigenvalue weighted by Crippen LogP contribution is -2.27. The number of aromatic amines is 1. The number of aryl methyl sites for hydroxylation is 1. The smallest absolute Gasteiger partial charge is 0.308 e. The second-order valence-corrected chi connectivity index (χ2v) is 4.91. The number of aromatic nitrogens is 2. The molecule has 9 heteroatoms. The molecule has 0 bridgehead atoms. The normalized spacial score (nSPS) is 10.4.